The van der Waals surface area contributed by atoms with Crippen molar-refractivity contribution in [2.45, 2.75) is 71.3 Å². The van der Waals surface area contributed by atoms with E-state index >= 15 is 0 Å². The Hall–Kier alpha value is -4.49. The number of benzene rings is 2. The number of phenols is 1. The molecule has 2 aromatic rings. The molecule has 0 unspecified atom stereocenters. The number of ketones is 1. The fourth-order valence-corrected chi connectivity index (χ4v) is 4.36. The van der Waals surface area contributed by atoms with Gasteiger partial charge in [0.2, 0.25) is 23.6 Å². The minimum atomic E-state index is -1.43. The first-order valence-corrected chi connectivity index (χ1v) is 14.6. The van der Waals surface area contributed by atoms with E-state index in [1.54, 1.807) is 50.2 Å². The van der Waals surface area contributed by atoms with Crippen LogP contribution in [0.1, 0.15) is 45.2 Å². The molecule has 6 N–H and O–H groups in total. The van der Waals surface area contributed by atoms with E-state index in [9.17, 15) is 39.0 Å². The Balaban J connectivity index is 2.03. The minimum absolute atomic E-state index is 0.00828. The number of nitrogens with one attached hydrogen (secondary N) is 4. The number of carboxylic acids is 1. The van der Waals surface area contributed by atoms with E-state index in [2.05, 4.69) is 21.3 Å². The fourth-order valence-electron chi connectivity index (χ4n) is 4.17. The number of amides is 4. The van der Waals surface area contributed by atoms with Crippen LogP contribution in [0.4, 0.5) is 0 Å². The summed E-state index contributed by atoms with van der Waals surface area (Å²) in [6, 6.07) is 8.10. The van der Waals surface area contributed by atoms with Crippen LogP contribution in [-0.4, -0.2) is 76.4 Å². The number of aromatic hydroxyl groups is 1. The molecule has 0 spiro atoms. The van der Waals surface area contributed by atoms with E-state index in [1.165, 1.54) is 26.0 Å². The number of rotatable bonds is 17. The highest BCUT2D eigenvalue weighted by Gasteiger charge is 2.31. The van der Waals surface area contributed by atoms with Crippen LogP contribution < -0.4 is 21.3 Å². The van der Waals surface area contributed by atoms with Crippen molar-refractivity contribution in [1.82, 2.24) is 21.3 Å². The monoisotopic (exact) mass is 646 g/mol. The second kappa shape index (κ2) is 17.7. The van der Waals surface area contributed by atoms with Gasteiger partial charge in [0.15, 0.2) is 5.78 Å². The van der Waals surface area contributed by atoms with Crippen molar-refractivity contribution in [3.63, 3.8) is 0 Å². The van der Waals surface area contributed by atoms with Gasteiger partial charge in [0, 0.05) is 18.4 Å². The molecule has 0 aromatic heterocycles. The summed E-state index contributed by atoms with van der Waals surface area (Å²) in [5, 5.41) is 29.2. The number of halogens is 1. The molecule has 0 saturated carbocycles. The molecule has 4 atom stereocenters. The third-order valence-electron chi connectivity index (χ3n) is 6.61. The average molecular weight is 647 g/mol. The third kappa shape index (κ3) is 12.6. The van der Waals surface area contributed by atoms with Gasteiger partial charge in [0.05, 0.1) is 13.0 Å². The summed E-state index contributed by atoms with van der Waals surface area (Å²) in [4.78, 5) is 75.1. The topological polar surface area (TPSA) is 200 Å². The van der Waals surface area contributed by atoms with Crippen LogP contribution in [0.3, 0.4) is 0 Å². The van der Waals surface area contributed by atoms with Crippen LogP contribution in [0.5, 0.6) is 5.75 Å². The molecule has 2 aromatic carbocycles. The molecule has 0 aliphatic heterocycles. The molecule has 4 amide bonds. The lowest BCUT2D eigenvalue weighted by molar-refractivity contribution is -0.141. The molecule has 13 nitrogen and oxygen atoms in total. The van der Waals surface area contributed by atoms with Crippen molar-refractivity contribution >= 4 is 47.0 Å². The van der Waals surface area contributed by atoms with E-state index in [0.717, 1.165) is 0 Å². The zero-order valence-corrected chi connectivity index (χ0v) is 26.2. The van der Waals surface area contributed by atoms with Crippen LogP contribution in [0.2, 0.25) is 5.02 Å². The van der Waals surface area contributed by atoms with Gasteiger partial charge >= 0.3 is 5.97 Å². The molecular formula is C31H39ClN4O9. The first-order valence-electron chi connectivity index (χ1n) is 14.2. The average Bonchev–Trinajstić information content (AvgIpc) is 2.96. The summed E-state index contributed by atoms with van der Waals surface area (Å²) in [6.45, 7) is 5.43. The van der Waals surface area contributed by atoms with E-state index < -0.39 is 78.5 Å². The normalized spacial score (nSPS) is 13.6. The number of hydrogen-bond donors (Lipinski definition) is 6. The number of carbonyl (C=O) groups is 6. The molecule has 0 aliphatic rings. The third-order valence-corrected chi connectivity index (χ3v) is 6.98. The summed E-state index contributed by atoms with van der Waals surface area (Å²) in [7, 11) is 0. The van der Waals surface area contributed by atoms with E-state index in [1.807, 2.05) is 0 Å². The van der Waals surface area contributed by atoms with Crippen LogP contribution in [-0.2, 0) is 46.5 Å². The zero-order valence-electron chi connectivity index (χ0n) is 25.5. The molecule has 0 heterocycles. The summed E-state index contributed by atoms with van der Waals surface area (Å²) in [5.41, 5.74) is 1.27. The number of Topliss-reactive ketones (excluding diaryl/α,β-unsaturated/α-hetero) is 1. The van der Waals surface area contributed by atoms with Crippen LogP contribution in [0.25, 0.3) is 0 Å². The molecule has 244 valence electrons. The maximum absolute atomic E-state index is 13.2. The SMILES string of the molecule is CC(=O)N[C@@H](Cc1ccc(O)cc1)C(=O)N[C@H](C(=O)N[C@@H](C)C(=O)N[C@@H](CC(=O)O)C(=O)COCc1ccccc1Cl)C(C)C. The molecule has 2 rings (SSSR count). The van der Waals surface area contributed by atoms with Crippen molar-refractivity contribution in [3.05, 3.63) is 64.7 Å². The van der Waals surface area contributed by atoms with Gasteiger partial charge in [-0.25, -0.2) is 0 Å². The van der Waals surface area contributed by atoms with Crippen molar-refractivity contribution in [2.24, 2.45) is 5.92 Å². The molecule has 0 bridgehead atoms. The van der Waals surface area contributed by atoms with E-state index in [-0.39, 0.29) is 18.8 Å². The highest BCUT2D eigenvalue weighted by atomic mass is 35.5. The zero-order chi connectivity index (χ0) is 33.7. The lowest BCUT2D eigenvalue weighted by atomic mass is 10.0. The van der Waals surface area contributed by atoms with Gasteiger partial charge in [-0.05, 0) is 42.2 Å². The van der Waals surface area contributed by atoms with Gasteiger partial charge in [0.25, 0.3) is 0 Å². The smallest absolute Gasteiger partial charge is 0.305 e. The van der Waals surface area contributed by atoms with Gasteiger partial charge in [-0.1, -0.05) is 55.8 Å². The summed E-state index contributed by atoms with van der Waals surface area (Å²) in [5.74, 6) is -5.08. The lowest BCUT2D eigenvalue weighted by Gasteiger charge is -2.27. The molecule has 0 radical (unpaired) electrons. The van der Waals surface area contributed by atoms with Crippen molar-refractivity contribution in [3.8, 4) is 5.75 Å². The van der Waals surface area contributed by atoms with Crippen LogP contribution in [0, 0.1) is 5.92 Å². The Labute approximate surface area is 266 Å². The Morgan fingerprint density at radius 1 is 0.822 bits per heavy atom. The Kier molecular flexibility index (Phi) is 14.4. The van der Waals surface area contributed by atoms with Gasteiger partial charge in [-0.3, -0.25) is 28.8 Å². The maximum Gasteiger partial charge on any atom is 0.305 e. The largest absolute Gasteiger partial charge is 0.508 e. The number of carbonyl (C=O) groups excluding carboxylic acids is 5. The molecule has 45 heavy (non-hydrogen) atoms. The highest BCUT2D eigenvalue weighted by molar-refractivity contribution is 6.31. The van der Waals surface area contributed by atoms with Gasteiger partial charge in [-0.2, -0.15) is 0 Å². The fraction of sp³-hybridized carbons (Fsp3) is 0.419. The van der Waals surface area contributed by atoms with Crippen molar-refractivity contribution in [2.75, 3.05) is 6.61 Å². The maximum atomic E-state index is 13.2. The second-order valence-corrected chi connectivity index (χ2v) is 11.2. The number of carboxylic acid groups (broad SMARTS) is 1. The first kappa shape index (κ1) is 36.7. The molecule has 0 fully saturated rings. The van der Waals surface area contributed by atoms with E-state index in [4.69, 9.17) is 16.3 Å². The Morgan fingerprint density at radius 3 is 2.04 bits per heavy atom. The molecule has 0 aliphatic carbocycles. The Bertz CT molecular complexity index is 1370. The Morgan fingerprint density at radius 2 is 1.47 bits per heavy atom. The number of hydrogen-bond acceptors (Lipinski definition) is 8. The number of aliphatic carboxylic acids is 1. The van der Waals surface area contributed by atoms with Gasteiger partial charge < -0.3 is 36.2 Å². The highest BCUT2D eigenvalue weighted by Crippen LogP contribution is 2.16. The molecular weight excluding hydrogens is 608 g/mol. The van der Waals surface area contributed by atoms with Gasteiger partial charge in [-0.15, -0.1) is 0 Å². The lowest BCUT2D eigenvalue weighted by Crippen LogP contribution is -2.58. The summed E-state index contributed by atoms with van der Waals surface area (Å²) >= 11 is 6.08. The first-order chi connectivity index (χ1) is 21.2. The van der Waals surface area contributed by atoms with E-state index in [0.29, 0.717) is 16.1 Å². The van der Waals surface area contributed by atoms with Crippen LogP contribution >= 0.6 is 11.6 Å². The standard InChI is InChI=1S/C31H39ClN4O9/c1-17(2)28(36-30(43)25(34-19(4)37)13-20-9-11-22(38)12-10-20)31(44)33-18(3)29(42)35-24(14-27(40)41)26(39)16-45-15-21-7-5-6-8-23(21)32/h5-12,17-18,24-25,28,38H,13-16H2,1-4H3,(H,33,44)(H,34,37)(H,35,42)(H,36,43)(H,40,41)/t18-,24-,25-,28-/m0/s1. The summed E-state index contributed by atoms with van der Waals surface area (Å²) < 4.78 is 5.39. The predicted molar refractivity (Wildman–Crippen MR) is 164 cm³/mol. The van der Waals surface area contributed by atoms with Gasteiger partial charge in [0.1, 0.15) is 36.5 Å². The number of ether oxygens (including phenoxy) is 1. The molecule has 0 saturated heterocycles. The molecule has 14 heteroatoms. The van der Waals surface area contributed by atoms with Crippen LogP contribution in [0.15, 0.2) is 48.5 Å². The number of phenolic OH excluding ortho intramolecular Hbond substituents is 1. The minimum Gasteiger partial charge on any atom is -0.508 e. The summed E-state index contributed by atoms with van der Waals surface area (Å²) in [6.07, 6.45) is -0.630. The second-order valence-electron chi connectivity index (χ2n) is 10.8. The van der Waals surface area contributed by atoms with Crippen molar-refractivity contribution < 1.29 is 43.7 Å². The van der Waals surface area contributed by atoms with Crippen molar-refractivity contribution in [1.29, 1.82) is 0 Å². The quantitative estimate of drug-likeness (QED) is 0.147. The predicted octanol–water partition coefficient (Wildman–Crippen LogP) is 1.48.